The van der Waals surface area contributed by atoms with Gasteiger partial charge in [0.1, 0.15) is 4.64 Å². The van der Waals surface area contributed by atoms with E-state index < -0.39 is 0 Å². The number of anilines is 1. The van der Waals surface area contributed by atoms with Crippen molar-refractivity contribution >= 4 is 18.2 Å². The fraction of sp³-hybridized carbons (Fsp3) is 0.667. The quantitative estimate of drug-likeness (QED) is 0.814. The summed E-state index contributed by atoms with van der Waals surface area (Å²) in [6, 6.07) is 0. The number of hydrogen-bond acceptors (Lipinski definition) is 4. The van der Waals surface area contributed by atoms with Crippen LogP contribution < -0.4 is 4.90 Å². The minimum atomic E-state index is 0.731. The van der Waals surface area contributed by atoms with E-state index in [1.165, 1.54) is 5.69 Å². The summed E-state index contributed by atoms with van der Waals surface area (Å²) in [6.45, 7) is 8.37. The van der Waals surface area contributed by atoms with Crippen LogP contribution in [0.25, 0.3) is 0 Å². The van der Waals surface area contributed by atoms with Crippen molar-refractivity contribution in [1.82, 2.24) is 14.9 Å². The number of rotatable bonds is 2. The van der Waals surface area contributed by atoms with Gasteiger partial charge in [0.2, 0.25) is 5.95 Å². The third-order valence-electron chi connectivity index (χ3n) is 3.40. The molecule has 1 aromatic heterocycles. The Morgan fingerprint density at radius 3 is 2.53 bits per heavy atom. The molecule has 0 unspecified atom stereocenters. The Hall–Kier alpha value is -0.940. The SMILES string of the molecule is CCc1[nH]c(N2CCN(C)CC2)nc(=S)c1C. The van der Waals surface area contributed by atoms with E-state index in [1.807, 2.05) is 6.92 Å². The number of aromatic amines is 1. The van der Waals surface area contributed by atoms with Crippen LogP contribution in [0.15, 0.2) is 0 Å². The van der Waals surface area contributed by atoms with Crippen LogP contribution in [-0.4, -0.2) is 48.1 Å². The van der Waals surface area contributed by atoms with Crippen molar-refractivity contribution in [3.05, 3.63) is 15.9 Å². The number of H-pyrrole nitrogens is 1. The molecule has 1 N–H and O–H groups in total. The Morgan fingerprint density at radius 1 is 1.29 bits per heavy atom. The Morgan fingerprint density at radius 2 is 1.94 bits per heavy atom. The Labute approximate surface area is 108 Å². The van der Waals surface area contributed by atoms with Crippen molar-refractivity contribution in [2.45, 2.75) is 20.3 Å². The van der Waals surface area contributed by atoms with E-state index in [1.54, 1.807) is 0 Å². The summed E-state index contributed by atoms with van der Waals surface area (Å²) in [4.78, 5) is 12.5. The Kier molecular flexibility index (Phi) is 3.79. The topological polar surface area (TPSA) is 35.2 Å². The van der Waals surface area contributed by atoms with Crippen LogP contribution in [0.5, 0.6) is 0 Å². The Balaban J connectivity index is 2.27. The largest absolute Gasteiger partial charge is 0.340 e. The average Bonchev–Trinajstić information content (AvgIpc) is 2.33. The molecule has 2 heterocycles. The van der Waals surface area contributed by atoms with Crippen molar-refractivity contribution in [3.8, 4) is 0 Å². The molecule has 17 heavy (non-hydrogen) atoms. The van der Waals surface area contributed by atoms with Gasteiger partial charge in [-0.2, -0.15) is 0 Å². The molecule has 1 fully saturated rings. The third-order valence-corrected chi connectivity index (χ3v) is 3.80. The highest BCUT2D eigenvalue weighted by atomic mass is 32.1. The van der Waals surface area contributed by atoms with E-state index in [4.69, 9.17) is 12.2 Å². The van der Waals surface area contributed by atoms with Gasteiger partial charge in [-0.05, 0) is 20.4 Å². The van der Waals surface area contributed by atoms with Gasteiger partial charge in [-0.25, -0.2) is 4.98 Å². The molecule has 2 rings (SSSR count). The molecule has 0 bridgehead atoms. The lowest BCUT2D eigenvalue weighted by molar-refractivity contribution is 0.311. The lowest BCUT2D eigenvalue weighted by atomic mass is 10.2. The molecule has 94 valence electrons. The number of nitrogens with one attached hydrogen (secondary N) is 1. The molecule has 1 saturated heterocycles. The molecule has 4 nitrogen and oxygen atoms in total. The van der Waals surface area contributed by atoms with Gasteiger partial charge in [-0.15, -0.1) is 0 Å². The molecule has 1 aromatic rings. The number of hydrogen-bond donors (Lipinski definition) is 1. The zero-order valence-electron chi connectivity index (χ0n) is 10.8. The minimum Gasteiger partial charge on any atom is -0.340 e. The number of aryl methyl sites for hydroxylation is 1. The van der Waals surface area contributed by atoms with Crippen molar-refractivity contribution in [3.63, 3.8) is 0 Å². The second-order valence-corrected chi connectivity index (χ2v) is 5.00. The summed E-state index contributed by atoms with van der Waals surface area (Å²) in [6.07, 6.45) is 0.971. The number of aromatic nitrogens is 2. The fourth-order valence-electron chi connectivity index (χ4n) is 2.09. The zero-order chi connectivity index (χ0) is 12.4. The van der Waals surface area contributed by atoms with Crippen LogP contribution in [0.1, 0.15) is 18.2 Å². The highest BCUT2D eigenvalue weighted by Gasteiger charge is 2.16. The summed E-state index contributed by atoms with van der Waals surface area (Å²) >= 11 is 5.32. The predicted molar refractivity (Wildman–Crippen MR) is 73.2 cm³/mol. The van der Waals surface area contributed by atoms with Crippen molar-refractivity contribution < 1.29 is 0 Å². The fourth-order valence-corrected chi connectivity index (χ4v) is 2.30. The van der Waals surface area contributed by atoms with Gasteiger partial charge in [0.05, 0.1) is 0 Å². The maximum atomic E-state index is 5.32. The van der Waals surface area contributed by atoms with Crippen LogP contribution in [0.3, 0.4) is 0 Å². The highest BCUT2D eigenvalue weighted by molar-refractivity contribution is 7.71. The van der Waals surface area contributed by atoms with E-state index in [0.29, 0.717) is 0 Å². The van der Waals surface area contributed by atoms with Crippen LogP contribution in [-0.2, 0) is 6.42 Å². The van der Waals surface area contributed by atoms with Gasteiger partial charge in [-0.3, -0.25) is 0 Å². The minimum absolute atomic E-state index is 0.731. The Bertz CT molecular complexity index is 446. The van der Waals surface area contributed by atoms with Crippen molar-refractivity contribution in [2.24, 2.45) is 0 Å². The monoisotopic (exact) mass is 252 g/mol. The molecule has 0 saturated carbocycles. The maximum absolute atomic E-state index is 5.32. The first-order valence-corrected chi connectivity index (χ1v) is 6.56. The van der Waals surface area contributed by atoms with Gasteiger partial charge in [-0.1, -0.05) is 19.1 Å². The molecule has 0 aliphatic carbocycles. The normalized spacial score (nSPS) is 17.5. The van der Waals surface area contributed by atoms with Crippen LogP contribution in [0, 0.1) is 11.6 Å². The smallest absolute Gasteiger partial charge is 0.204 e. The van der Waals surface area contributed by atoms with Gasteiger partial charge < -0.3 is 14.8 Å². The van der Waals surface area contributed by atoms with E-state index in [2.05, 4.69) is 33.7 Å². The second kappa shape index (κ2) is 5.14. The van der Waals surface area contributed by atoms with Crippen molar-refractivity contribution in [2.75, 3.05) is 38.1 Å². The summed E-state index contributed by atoms with van der Waals surface area (Å²) < 4.78 is 0.731. The van der Waals surface area contributed by atoms with Crippen molar-refractivity contribution in [1.29, 1.82) is 0 Å². The molecule has 0 atom stereocenters. The van der Waals surface area contributed by atoms with Gasteiger partial charge in [0, 0.05) is 37.4 Å². The second-order valence-electron chi connectivity index (χ2n) is 4.61. The van der Waals surface area contributed by atoms with E-state index in [0.717, 1.165) is 48.8 Å². The highest BCUT2D eigenvalue weighted by Crippen LogP contribution is 2.15. The molecule has 0 radical (unpaired) electrons. The molecule has 1 aliphatic rings. The van der Waals surface area contributed by atoms with Crippen LogP contribution in [0.4, 0.5) is 5.95 Å². The molecule has 0 aromatic carbocycles. The lowest BCUT2D eigenvalue weighted by Gasteiger charge is -2.33. The van der Waals surface area contributed by atoms with Crippen LogP contribution in [0.2, 0.25) is 0 Å². The van der Waals surface area contributed by atoms with Crippen LogP contribution >= 0.6 is 12.2 Å². The number of nitrogens with zero attached hydrogens (tertiary/aromatic N) is 3. The number of likely N-dealkylation sites (N-methyl/N-ethyl adjacent to an activating group) is 1. The summed E-state index contributed by atoms with van der Waals surface area (Å²) in [5.41, 5.74) is 2.32. The summed E-state index contributed by atoms with van der Waals surface area (Å²) in [7, 11) is 2.15. The first kappa shape index (κ1) is 12.5. The van der Waals surface area contributed by atoms with E-state index >= 15 is 0 Å². The average molecular weight is 252 g/mol. The molecule has 1 aliphatic heterocycles. The maximum Gasteiger partial charge on any atom is 0.204 e. The van der Waals surface area contributed by atoms with Gasteiger partial charge >= 0.3 is 0 Å². The zero-order valence-corrected chi connectivity index (χ0v) is 11.6. The third kappa shape index (κ3) is 2.66. The lowest BCUT2D eigenvalue weighted by Crippen LogP contribution is -2.45. The van der Waals surface area contributed by atoms with Gasteiger partial charge in [0.15, 0.2) is 0 Å². The number of piperazine rings is 1. The molecular formula is C12H20N4S. The van der Waals surface area contributed by atoms with E-state index in [-0.39, 0.29) is 0 Å². The molecule has 0 amide bonds. The predicted octanol–water partition coefficient (Wildman–Crippen LogP) is 1.76. The molecular weight excluding hydrogens is 232 g/mol. The van der Waals surface area contributed by atoms with Gasteiger partial charge in [0.25, 0.3) is 0 Å². The summed E-state index contributed by atoms with van der Waals surface area (Å²) in [5, 5.41) is 0. The van der Waals surface area contributed by atoms with E-state index in [9.17, 15) is 0 Å². The molecule has 0 spiro atoms. The first-order chi connectivity index (χ1) is 8.11. The first-order valence-electron chi connectivity index (χ1n) is 6.15. The standard InChI is InChI=1S/C12H20N4S/c1-4-10-9(2)11(17)14-12(13-10)16-7-5-15(3)6-8-16/h4-8H2,1-3H3,(H,13,14,17). The molecule has 5 heteroatoms. The summed E-state index contributed by atoms with van der Waals surface area (Å²) in [5.74, 6) is 0.936.